The maximum Gasteiger partial charge on any atom is 0.147 e. The third-order valence-corrected chi connectivity index (χ3v) is 4.08. The van der Waals surface area contributed by atoms with Gasteiger partial charge in [-0.15, -0.1) is 0 Å². The summed E-state index contributed by atoms with van der Waals surface area (Å²) in [6, 6.07) is 14.2. The van der Waals surface area contributed by atoms with Gasteiger partial charge in [-0.05, 0) is 60.3 Å². The number of allylic oxidation sites excluding steroid dienone is 5. The molecule has 120 valence electrons. The smallest absolute Gasteiger partial charge is 0.147 e. The van der Waals surface area contributed by atoms with E-state index in [-0.39, 0.29) is 5.82 Å². The van der Waals surface area contributed by atoms with Crippen molar-refractivity contribution in [1.29, 1.82) is 5.26 Å². The number of halogens is 1. The molecule has 0 aliphatic heterocycles. The highest BCUT2D eigenvalue weighted by Crippen LogP contribution is 2.27. The zero-order valence-electron chi connectivity index (χ0n) is 13.3. The third kappa shape index (κ3) is 4.61. The van der Waals surface area contributed by atoms with Gasteiger partial charge in [0, 0.05) is 4.90 Å². The summed E-state index contributed by atoms with van der Waals surface area (Å²) in [6.45, 7) is 5.59. The second-order valence-corrected chi connectivity index (χ2v) is 5.76. The van der Waals surface area contributed by atoms with Gasteiger partial charge in [-0.3, -0.25) is 0 Å². The van der Waals surface area contributed by atoms with Crippen molar-refractivity contribution in [2.45, 2.75) is 11.8 Å². The second-order valence-electron chi connectivity index (χ2n) is 4.88. The first-order valence-electron chi connectivity index (χ1n) is 7.36. The summed E-state index contributed by atoms with van der Waals surface area (Å²) in [5, 5.41) is 8.93. The zero-order chi connectivity index (χ0) is 17.4. The molecule has 0 heterocycles. The van der Waals surface area contributed by atoms with Crippen molar-refractivity contribution in [3.8, 4) is 6.07 Å². The van der Waals surface area contributed by atoms with Crippen LogP contribution in [0.15, 0.2) is 78.2 Å². The maximum atomic E-state index is 14.1. The predicted molar refractivity (Wildman–Crippen MR) is 100 cm³/mol. The molecule has 0 fully saturated rings. The van der Waals surface area contributed by atoms with E-state index in [0.29, 0.717) is 11.3 Å². The van der Waals surface area contributed by atoms with Gasteiger partial charge in [0.05, 0.1) is 17.3 Å². The molecular weight excluding hydrogens is 319 g/mol. The number of anilines is 1. The van der Waals surface area contributed by atoms with Crippen LogP contribution in [0.2, 0.25) is 0 Å². The Labute approximate surface area is 146 Å². The zero-order valence-corrected chi connectivity index (χ0v) is 14.1. The molecule has 0 aliphatic carbocycles. The van der Waals surface area contributed by atoms with Gasteiger partial charge < -0.3 is 4.72 Å². The summed E-state index contributed by atoms with van der Waals surface area (Å²) in [5.74, 6) is -0.328. The molecule has 24 heavy (non-hydrogen) atoms. The van der Waals surface area contributed by atoms with Gasteiger partial charge in [0.2, 0.25) is 0 Å². The van der Waals surface area contributed by atoms with E-state index in [1.807, 2.05) is 31.2 Å². The number of nitrogens with zero attached hydrogens (tertiary/aromatic N) is 1. The van der Waals surface area contributed by atoms with Crippen molar-refractivity contribution in [3.63, 3.8) is 0 Å². The van der Waals surface area contributed by atoms with Crippen LogP contribution in [0.1, 0.15) is 18.1 Å². The minimum absolute atomic E-state index is 0.328. The highest BCUT2D eigenvalue weighted by Gasteiger charge is 2.06. The average Bonchev–Trinajstić information content (AvgIpc) is 2.62. The van der Waals surface area contributed by atoms with Crippen LogP contribution in [0.3, 0.4) is 0 Å². The van der Waals surface area contributed by atoms with E-state index < -0.39 is 0 Å². The van der Waals surface area contributed by atoms with E-state index in [2.05, 4.69) is 17.4 Å². The van der Waals surface area contributed by atoms with Gasteiger partial charge in [-0.2, -0.15) is 5.26 Å². The molecule has 4 heteroatoms. The number of benzene rings is 2. The molecule has 0 radical (unpaired) electrons. The van der Waals surface area contributed by atoms with Gasteiger partial charge in [-0.1, -0.05) is 43.0 Å². The maximum absolute atomic E-state index is 14.1. The topological polar surface area (TPSA) is 35.8 Å². The first kappa shape index (κ1) is 17.6. The quantitative estimate of drug-likeness (QED) is 0.522. The van der Waals surface area contributed by atoms with Crippen LogP contribution in [0.4, 0.5) is 10.1 Å². The van der Waals surface area contributed by atoms with Gasteiger partial charge in [0.25, 0.3) is 0 Å². The second kappa shape index (κ2) is 8.76. The summed E-state index contributed by atoms with van der Waals surface area (Å²) < 4.78 is 17.1. The number of nitrogens with one attached hydrogen (secondary N) is 1. The number of hydrogen-bond donors (Lipinski definition) is 1. The molecule has 2 nitrogen and oxygen atoms in total. The van der Waals surface area contributed by atoms with E-state index in [1.165, 1.54) is 18.0 Å². The highest BCUT2D eigenvalue weighted by atomic mass is 32.2. The molecule has 2 aromatic carbocycles. The standard InChI is InChI=1S/C20H17FN2S/c1-3-5-8-16(4-2)17-10-11-19(21)20(13-17)23-24-18-9-6-7-15(12-18)14-22/h3-13,23H,1H2,2H3/b8-5-,16-4+. The Kier molecular flexibility index (Phi) is 6.41. The van der Waals surface area contributed by atoms with Crippen LogP contribution in [-0.2, 0) is 0 Å². The molecule has 0 aromatic heterocycles. The molecule has 0 aliphatic rings. The van der Waals surface area contributed by atoms with Gasteiger partial charge in [0.1, 0.15) is 5.82 Å². The molecule has 0 atom stereocenters. The fourth-order valence-corrected chi connectivity index (χ4v) is 2.77. The largest absolute Gasteiger partial charge is 0.323 e. The Morgan fingerprint density at radius 1 is 1.29 bits per heavy atom. The first-order valence-corrected chi connectivity index (χ1v) is 8.18. The van der Waals surface area contributed by atoms with Gasteiger partial charge in [0.15, 0.2) is 0 Å². The van der Waals surface area contributed by atoms with Crippen molar-refractivity contribution in [1.82, 2.24) is 0 Å². The first-order chi connectivity index (χ1) is 11.7. The molecule has 0 saturated carbocycles. The SMILES string of the molecule is C=C/C=C\C(=C/C)c1ccc(F)c(NSc2cccc(C#N)c2)c1. The molecular formula is C20H17FN2S. The summed E-state index contributed by atoms with van der Waals surface area (Å²) in [5.41, 5.74) is 2.85. The number of hydrogen-bond acceptors (Lipinski definition) is 3. The van der Waals surface area contributed by atoms with Crippen molar-refractivity contribution in [3.05, 3.63) is 90.3 Å². The summed E-state index contributed by atoms with van der Waals surface area (Å²) in [4.78, 5) is 0.844. The van der Waals surface area contributed by atoms with Crippen LogP contribution in [0.5, 0.6) is 0 Å². The van der Waals surface area contributed by atoms with Crippen LogP contribution in [0.25, 0.3) is 5.57 Å². The van der Waals surface area contributed by atoms with Crippen molar-refractivity contribution in [2.75, 3.05) is 4.72 Å². The van der Waals surface area contributed by atoms with E-state index in [1.54, 1.807) is 36.4 Å². The average molecular weight is 336 g/mol. The van der Waals surface area contributed by atoms with E-state index in [9.17, 15) is 4.39 Å². The molecule has 0 amide bonds. The fraction of sp³-hybridized carbons (Fsp3) is 0.0500. The molecule has 1 N–H and O–H groups in total. The summed E-state index contributed by atoms with van der Waals surface area (Å²) in [7, 11) is 0. The van der Waals surface area contributed by atoms with E-state index >= 15 is 0 Å². The Balaban J connectivity index is 2.21. The van der Waals surface area contributed by atoms with Crippen molar-refractivity contribution >= 4 is 23.2 Å². The lowest BCUT2D eigenvalue weighted by Gasteiger charge is -2.10. The minimum Gasteiger partial charge on any atom is -0.323 e. The lowest BCUT2D eigenvalue weighted by atomic mass is 10.0. The molecule has 2 rings (SSSR count). The summed E-state index contributed by atoms with van der Waals surface area (Å²) in [6.07, 6.45) is 7.42. The van der Waals surface area contributed by atoms with Crippen molar-refractivity contribution < 1.29 is 4.39 Å². The molecule has 0 unspecified atom stereocenters. The predicted octanol–water partition coefficient (Wildman–Crippen LogP) is 5.96. The van der Waals surface area contributed by atoms with Crippen molar-refractivity contribution in [2.24, 2.45) is 0 Å². The van der Waals surface area contributed by atoms with Gasteiger partial charge in [-0.25, -0.2) is 4.39 Å². The molecule has 0 spiro atoms. The van der Waals surface area contributed by atoms with E-state index in [0.717, 1.165) is 16.0 Å². The normalized spacial score (nSPS) is 11.3. The molecule has 0 bridgehead atoms. The van der Waals surface area contributed by atoms with Crippen LogP contribution in [0, 0.1) is 17.1 Å². The highest BCUT2D eigenvalue weighted by molar-refractivity contribution is 8.00. The lowest BCUT2D eigenvalue weighted by Crippen LogP contribution is -1.93. The minimum atomic E-state index is -0.328. The lowest BCUT2D eigenvalue weighted by molar-refractivity contribution is 0.632. The molecule has 2 aromatic rings. The Bertz CT molecular complexity index is 832. The third-order valence-electron chi connectivity index (χ3n) is 3.26. The van der Waals surface area contributed by atoms with Crippen LogP contribution < -0.4 is 4.72 Å². The van der Waals surface area contributed by atoms with Crippen LogP contribution in [-0.4, -0.2) is 0 Å². The molecule has 0 saturated heterocycles. The Morgan fingerprint density at radius 3 is 2.83 bits per heavy atom. The monoisotopic (exact) mass is 336 g/mol. The Morgan fingerprint density at radius 2 is 2.12 bits per heavy atom. The van der Waals surface area contributed by atoms with Crippen LogP contribution >= 0.6 is 11.9 Å². The summed E-state index contributed by atoms with van der Waals surface area (Å²) >= 11 is 1.27. The fourth-order valence-electron chi connectivity index (χ4n) is 2.06. The number of nitriles is 1. The van der Waals surface area contributed by atoms with Gasteiger partial charge >= 0.3 is 0 Å². The number of rotatable bonds is 6. The van der Waals surface area contributed by atoms with E-state index in [4.69, 9.17) is 5.26 Å². The Hall–Kier alpha value is -2.77.